The van der Waals surface area contributed by atoms with Gasteiger partial charge in [-0.3, -0.25) is 14.5 Å². The minimum atomic E-state index is -0.177. The number of benzene rings is 2. The third kappa shape index (κ3) is 4.09. The first-order chi connectivity index (χ1) is 15.6. The summed E-state index contributed by atoms with van der Waals surface area (Å²) >= 11 is 0. The normalized spacial score (nSPS) is 14.8. The summed E-state index contributed by atoms with van der Waals surface area (Å²) in [5.74, 6) is 1.42. The van der Waals surface area contributed by atoms with Gasteiger partial charge in [-0.2, -0.15) is 0 Å². The van der Waals surface area contributed by atoms with Crippen molar-refractivity contribution in [1.29, 1.82) is 0 Å². The van der Waals surface area contributed by atoms with Gasteiger partial charge in [-0.1, -0.05) is 18.2 Å². The molecule has 1 aliphatic heterocycles. The Hall–Kier alpha value is -3.65. The fourth-order valence-corrected chi connectivity index (χ4v) is 4.11. The van der Waals surface area contributed by atoms with Crippen LogP contribution < -0.4 is 10.3 Å². The standard InChI is InChI=1S/C24H25N5O3/c1-16(30)29-10-8-28(9-11-29)12-13-32-18-6-7-21-22(15-18)26-23(25-21)19-14-17-4-2-3-5-20(17)27-24(19)31/h2-7,14-15H,8-13H2,1H3,(H,25,26)(H,27,31). The molecule has 0 unspecified atom stereocenters. The van der Waals surface area contributed by atoms with Gasteiger partial charge >= 0.3 is 0 Å². The Labute approximate surface area is 184 Å². The van der Waals surface area contributed by atoms with Gasteiger partial charge in [0.15, 0.2) is 0 Å². The zero-order valence-corrected chi connectivity index (χ0v) is 17.9. The average Bonchev–Trinajstić information content (AvgIpc) is 3.22. The number of hydrogen-bond acceptors (Lipinski definition) is 5. The molecule has 1 fully saturated rings. The summed E-state index contributed by atoms with van der Waals surface area (Å²) in [6, 6.07) is 15.2. The molecule has 2 aromatic carbocycles. The number of ether oxygens (including phenoxy) is 1. The molecule has 2 N–H and O–H groups in total. The molecule has 0 aliphatic carbocycles. The summed E-state index contributed by atoms with van der Waals surface area (Å²) in [7, 11) is 0. The molecule has 8 nitrogen and oxygen atoms in total. The molecule has 1 amide bonds. The van der Waals surface area contributed by atoms with Gasteiger partial charge in [-0.25, -0.2) is 4.98 Å². The third-order valence-electron chi connectivity index (χ3n) is 5.96. The fourth-order valence-electron chi connectivity index (χ4n) is 4.11. The number of piperazine rings is 1. The van der Waals surface area contributed by atoms with Crippen molar-refractivity contribution in [3.05, 3.63) is 58.9 Å². The zero-order chi connectivity index (χ0) is 22.1. The van der Waals surface area contributed by atoms with Gasteiger partial charge in [0.2, 0.25) is 5.91 Å². The SMILES string of the molecule is CC(=O)N1CCN(CCOc2ccc3nc(-c4cc5ccccc5[nH]c4=O)[nH]c3c2)CC1. The number of amides is 1. The van der Waals surface area contributed by atoms with Crippen molar-refractivity contribution in [1.82, 2.24) is 24.8 Å². The van der Waals surface area contributed by atoms with E-state index < -0.39 is 0 Å². The van der Waals surface area contributed by atoms with E-state index in [1.165, 1.54) is 0 Å². The highest BCUT2D eigenvalue weighted by atomic mass is 16.5. The van der Waals surface area contributed by atoms with E-state index in [1.54, 1.807) is 6.92 Å². The highest BCUT2D eigenvalue weighted by Crippen LogP contribution is 2.24. The molecule has 1 aliphatic rings. The molecule has 0 saturated carbocycles. The summed E-state index contributed by atoms with van der Waals surface area (Å²) in [6.45, 7) is 6.27. The van der Waals surface area contributed by atoms with E-state index in [4.69, 9.17) is 4.74 Å². The second-order valence-electron chi connectivity index (χ2n) is 8.06. The Balaban J connectivity index is 1.27. The Kier molecular flexibility index (Phi) is 5.36. The lowest BCUT2D eigenvalue weighted by molar-refractivity contribution is -0.130. The van der Waals surface area contributed by atoms with Crippen molar-refractivity contribution in [3.8, 4) is 17.1 Å². The second kappa shape index (κ2) is 8.47. The Morgan fingerprint density at radius 2 is 1.84 bits per heavy atom. The summed E-state index contributed by atoms with van der Waals surface area (Å²) in [5.41, 5.74) is 2.73. The van der Waals surface area contributed by atoms with Crippen molar-refractivity contribution in [2.24, 2.45) is 0 Å². The summed E-state index contributed by atoms with van der Waals surface area (Å²) in [6.07, 6.45) is 0. The first kappa shape index (κ1) is 20.3. The van der Waals surface area contributed by atoms with Gasteiger partial charge in [-0.05, 0) is 29.7 Å². The minimum absolute atomic E-state index is 0.138. The molecule has 1 saturated heterocycles. The smallest absolute Gasteiger partial charge is 0.259 e. The Morgan fingerprint density at radius 1 is 1.03 bits per heavy atom. The van der Waals surface area contributed by atoms with Gasteiger partial charge in [0, 0.05) is 51.2 Å². The first-order valence-corrected chi connectivity index (χ1v) is 10.8. The van der Waals surface area contributed by atoms with Crippen molar-refractivity contribution in [3.63, 3.8) is 0 Å². The number of pyridine rings is 1. The zero-order valence-electron chi connectivity index (χ0n) is 17.9. The van der Waals surface area contributed by atoms with Gasteiger partial charge < -0.3 is 19.6 Å². The summed E-state index contributed by atoms with van der Waals surface area (Å²) in [5, 5.41) is 0.954. The van der Waals surface area contributed by atoms with Gasteiger partial charge in [0.1, 0.15) is 18.2 Å². The van der Waals surface area contributed by atoms with Gasteiger partial charge in [-0.15, -0.1) is 0 Å². The van der Waals surface area contributed by atoms with Gasteiger partial charge in [0.05, 0.1) is 16.6 Å². The molecule has 0 radical (unpaired) electrons. The van der Waals surface area contributed by atoms with Gasteiger partial charge in [0.25, 0.3) is 5.56 Å². The molecule has 8 heteroatoms. The number of nitrogens with one attached hydrogen (secondary N) is 2. The van der Waals surface area contributed by atoms with Crippen LogP contribution in [-0.4, -0.2) is 70.0 Å². The van der Waals surface area contributed by atoms with E-state index in [9.17, 15) is 9.59 Å². The van der Waals surface area contributed by atoms with Crippen LogP contribution >= 0.6 is 0 Å². The number of H-pyrrole nitrogens is 2. The predicted molar refractivity (Wildman–Crippen MR) is 124 cm³/mol. The number of hydrogen-bond donors (Lipinski definition) is 2. The molecule has 4 aromatic rings. The number of imidazole rings is 1. The van der Waals surface area contributed by atoms with Crippen LogP contribution in [0.1, 0.15) is 6.92 Å². The first-order valence-electron chi connectivity index (χ1n) is 10.8. The molecule has 3 heterocycles. The van der Waals surface area contributed by atoms with Crippen molar-refractivity contribution >= 4 is 27.8 Å². The molecule has 32 heavy (non-hydrogen) atoms. The van der Waals surface area contributed by atoms with E-state index in [-0.39, 0.29) is 11.5 Å². The van der Waals surface area contributed by atoms with Crippen LogP contribution in [0.4, 0.5) is 0 Å². The molecule has 5 rings (SSSR count). The van der Waals surface area contributed by atoms with Crippen molar-refractivity contribution in [2.75, 3.05) is 39.3 Å². The van der Waals surface area contributed by atoms with E-state index in [0.29, 0.717) is 18.0 Å². The molecule has 0 spiro atoms. The average molecular weight is 431 g/mol. The van der Waals surface area contributed by atoms with Crippen LogP contribution in [0.2, 0.25) is 0 Å². The predicted octanol–water partition coefficient (Wildman–Crippen LogP) is 2.61. The maximum Gasteiger partial charge on any atom is 0.259 e. The van der Waals surface area contributed by atoms with Crippen LogP contribution in [0, 0.1) is 0 Å². The number of aromatic nitrogens is 3. The van der Waals surface area contributed by atoms with Crippen LogP contribution in [0.15, 0.2) is 53.3 Å². The fraction of sp³-hybridized carbons (Fsp3) is 0.292. The van der Waals surface area contributed by atoms with E-state index in [1.807, 2.05) is 53.4 Å². The second-order valence-corrected chi connectivity index (χ2v) is 8.06. The maximum absolute atomic E-state index is 12.6. The quantitative estimate of drug-likeness (QED) is 0.507. The number of nitrogens with zero attached hydrogens (tertiary/aromatic N) is 3. The number of carbonyl (C=O) groups excluding carboxylic acids is 1. The molecular weight excluding hydrogens is 406 g/mol. The molecule has 0 bridgehead atoms. The molecular formula is C24H25N5O3. The highest BCUT2D eigenvalue weighted by Gasteiger charge is 2.18. The molecule has 164 valence electrons. The van der Waals surface area contributed by atoms with E-state index >= 15 is 0 Å². The van der Waals surface area contributed by atoms with E-state index in [0.717, 1.165) is 60.4 Å². The van der Waals surface area contributed by atoms with Crippen LogP contribution in [0.25, 0.3) is 33.3 Å². The van der Waals surface area contributed by atoms with Crippen molar-refractivity contribution < 1.29 is 9.53 Å². The number of para-hydroxylation sites is 1. The van der Waals surface area contributed by atoms with Crippen LogP contribution in [0.3, 0.4) is 0 Å². The summed E-state index contributed by atoms with van der Waals surface area (Å²) in [4.78, 5) is 38.9. The maximum atomic E-state index is 12.6. The monoisotopic (exact) mass is 431 g/mol. The summed E-state index contributed by atoms with van der Waals surface area (Å²) < 4.78 is 5.95. The largest absolute Gasteiger partial charge is 0.492 e. The molecule has 2 aromatic heterocycles. The minimum Gasteiger partial charge on any atom is -0.492 e. The van der Waals surface area contributed by atoms with Crippen LogP contribution in [0.5, 0.6) is 5.75 Å². The number of rotatable bonds is 5. The topological polar surface area (TPSA) is 94.3 Å². The lowest BCUT2D eigenvalue weighted by atomic mass is 10.1. The van der Waals surface area contributed by atoms with Crippen LogP contribution in [-0.2, 0) is 4.79 Å². The third-order valence-corrected chi connectivity index (χ3v) is 5.96. The lowest BCUT2D eigenvalue weighted by Gasteiger charge is -2.34. The Morgan fingerprint density at radius 3 is 2.66 bits per heavy atom. The number of carbonyl (C=O) groups is 1. The van der Waals surface area contributed by atoms with Crippen molar-refractivity contribution in [2.45, 2.75) is 6.92 Å². The number of fused-ring (bicyclic) bond motifs is 2. The van der Waals surface area contributed by atoms with E-state index in [2.05, 4.69) is 19.9 Å². The Bertz CT molecular complexity index is 1330. The molecule has 0 atom stereocenters. The highest BCUT2D eigenvalue weighted by molar-refractivity contribution is 5.85. The number of aromatic amines is 2. The lowest BCUT2D eigenvalue weighted by Crippen LogP contribution is -2.48.